The van der Waals surface area contributed by atoms with E-state index in [1.807, 2.05) is 0 Å². The van der Waals surface area contributed by atoms with Crippen LogP contribution in [0.25, 0.3) is 6.08 Å². The standard InChI is InChI=1S/C19H20ClN3O4S/c1-12(2)23-28(26,27)15-7-3-13(4-8-15)5-10-18(24)22-14-6-9-17(20)16(11-14)19(21)25/h3-12,23H,1-2H3,(H2,21,25)(H,22,24)/b10-5+. The van der Waals surface area contributed by atoms with E-state index in [-0.39, 0.29) is 21.5 Å². The Bertz CT molecular complexity index is 1020. The molecule has 0 aliphatic carbocycles. The highest BCUT2D eigenvalue weighted by atomic mass is 35.5. The largest absolute Gasteiger partial charge is 0.366 e. The number of halogens is 1. The second kappa shape index (κ2) is 9.01. The van der Waals surface area contributed by atoms with Gasteiger partial charge in [-0.25, -0.2) is 13.1 Å². The summed E-state index contributed by atoms with van der Waals surface area (Å²) < 4.78 is 26.7. The minimum atomic E-state index is -3.56. The van der Waals surface area contributed by atoms with Crippen molar-refractivity contribution in [2.45, 2.75) is 24.8 Å². The highest BCUT2D eigenvalue weighted by Gasteiger charge is 2.14. The molecule has 0 bridgehead atoms. The van der Waals surface area contributed by atoms with Crippen molar-refractivity contribution in [3.05, 3.63) is 64.7 Å². The summed E-state index contributed by atoms with van der Waals surface area (Å²) in [6, 6.07) is 10.3. The number of carbonyl (C=O) groups is 2. The molecule has 0 saturated heterocycles. The summed E-state index contributed by atoms with van der Waals surface area (Å²) in [4.78, 5) is 23.5. The molecule has 0 radical (unpaired) electrons. The highest BCUT2D eigenvalue weighted by Crippen LogP contribution is 2.20. The fourth-order valence-electron chi connectivity index (χ4n) is 2.28. The number of nitrogens with one attached hydrogen (secondary N) is 2. The summed E-state index contributed by atoms with van der Waals surface area (Å²) in [7, 11) is -3.56. The molecule has 28 heavy (non-hydrogen) atoms. The first kappa shape index (κ1) is 21.6. The maximum Gasteiger partial charge on any atom is 0.250 e. The second-order valence-electron chi connectivity index (χ2n) is 6.23. The predicted molar refractivity (Wildman–Crippen MR) is 110 cm³/mol. The van der Waals surface area contributed by atoms with Gasteiger partial charge in [-0.1, -0.05) is 23.7 Å². The number of carbonyl (C=O) groups excluding carboxylic acids is 2. The maximum absolute atomic E-state index is 12.1. The number of nitrogens with two attached hydrogens (primary N) is 1. The molecule has 0 unspecified atom stereocenters. The van der Waals surface area contributed by atoms with Gasteiger partial charge in [0.25, 0.3) is 0 Å². The van der Waals surface area contributed by atoms with Crippen LogP contribution in [0.5, 0.6) is 0 Å². The number of primary amides is 1. The normalized spacial score (nSPS) is 11.7. The van der Waals surface area contributed by atoms with Crippen LogP contribution >= 0.6 is 11.6 Å². The quantitative estimate of drug-likeness (QED) is 0.595. The number of anilines is 1. The third-order valence-corrected chi connectivity index (χ3v) is 5.51. The molecule has 2 rings (SSSR count). The van der Waals surface area contributed by atoms with Crippen LogP contribution in [0, 0.1) is 0 Å². The molecule has 0 fully saturated rings. The van der Waals surface area contributed by atoms with Gasteiger partial charge in [-0.15, -0.1) is 0 Å². The van der Waals surface area contributed by atoms with Crippen molar-refractivity contribution < 1.29 is 18.0 Å². The van der Waals surface area contributed by atoms with Crippen LogP contribution in [0.3, 0.4) is 0 Å². The monoisotopic (exact) mass is 421 g/mol. The fourth-order valence-corrected chi connectivity index (χ4v) is 3.75. The molecule has 2 aromatic rings. The molecule has 0 atom stereocenters. The number of benzene rings is 2. The Labute approximate surface area is 168 Å². The first-order valence-electron chi connectivity index (χ1n) is 8.29. The SMILES string of the molecule is CC(C)NS(=O)(=O)c1ccc(/C=C/C(=O)Nc2ccc(Cl)c(C(N)=O)c2)cc1. The molecule has 7 nitrogen and oxygen atoms in total. The Hall–Kier alpha value is -2.68. The molecule has 0 aliphatic rings. The summed E-state index contributed by atoms with van der Waals surface area (Å²) in [6.07, 6.45) is 2.82. The zero-order valence-electron chi connectivity index (χ0n) is 15.3. The highest BCUT2D eigenvalue weighted by molar-refractivity contribution is 7.89. The number of hydrogen-bond donors (Lipinski definition) is 3. The minimum absolute atomic E-state index is 0.107. The Morgan fingerprint density at radius 1 is 1.11 bits per heavy atom. The van der Waals surface area contributed by atoms with E-state index >= 15 is 0 Å². The molecule has 0 aliphatic heterocycles. The Kier molecular flexibility index (Phi) is 6.95. The average molecular weight is 422 g/mol. The number of hydrogen-bond acceptors (Lipinski definition) is 4. The van der Waals surface area contributed by atoms with Crippen LogP contribution in [-0.2, 0) is 14.8 Å². The predicted octanol–water partition coefficient (Wildman–Crippen LogP) is 2.78. The van der Waals surface area contributed by atoms with Gasteiger partial charge in [0.05, 0.1) is 15.5 Å². The van der Waals surface area contributed by atoms with Gasteiger partial charge >= 0.3 is 0 Å². The minimum Gasteiger partial charge on any atom is -0.366 e. The van der Waals surface area contributed by atoms with Crippen molar-refractivity contribution in [1.29, 1.82) is 0 Å². The van der Waals surface area contributed by atoms with E-state index < -0.39 is 21.8 Å². The first-order chi connectivity index (χ1) is 13.1. The summed E-state index contributed by atoms with van der Waals surface area (Å²) in [5, 5.41) is 2.79. The summed E-state index contributed by atoms with van der Waals surface area (Å²) >= 11 is 5.87. The lowest BCUT2D eigenvalue weighted by Gasteiger charge is -2.09. The van der Waals surface area contributed by atoms with Gasteiger partial charge in [0.1, 0.15) is 0 Å². The maximum atomic E-state index is 12.1. The van der Waals surface area contributed by atoms with Crippen LogP contribution in [0.2, 0.25) is 5.02 Å². The van der Waals surface area contributed by atoms with Gasteiger partial charge in [0, 0.05) is 17.8 Å². The van der Waals surface area contributed by atoms with Crippen molar-refractivity contribution in [3.8, 4) is 0 Å². The van der Waals surface area contributed by atoms with Gasteiger partial charge in [0.15, 0.2) is 0 Å². The topological polar surface area (TPSA) is 118 Å². The third kappa shape index (κ3) is 5.91. The van der Waals surface area contributed by atoms with Gasteiger partial charge in [-0.2, -0.15) is 0 Å². The van der Waals surface area contributed by atoms with Crippen LogP contribution in [-0.4, -0.2) is 26.3 Å². The van der Waals surface area contributed by atoms with Crippen molar-refractivity contribution in [1.82, 2.24) is 4.72 Å². The zero-order valence-corrected chi connectivity index (χ0v) is 16.8. The van der Waals surface area contributed by atoms with Gasteiger partial charge in [0.2, 0.25) is 21.8 Å². The lowest BCUT2D eigenvalue weighted by molar-refractivity contribution is -0.111. The van der Waals surface area contributed by atoms with Crippen LogP contribution in [0.4, 0.5) is 5.69 Å². The van der Waals surface area contributed by atoms with E-state index in [0.29, 0.717) is 11.3 Å². The van der Waals surface area contributed by atoms with E-state index in [4.69, 9.17) is 17.3 Å². The Morgan fingerprint density at radius 3 is 2.32 bits per heavy atom. The van der Waals surface area contributed by atoms with E-state index in [0.717, 1.165) is 0 Å². The molecule has 0 aromatic heterocycles. The molecule has 2 amide bonds. The number of sulfonamides is 1. The Morgan fingerprint density at radius 2 is 1.75 bits per heavy atom. The van der Waals surface area contributed by atoms with Crippen molar-refractivity contribution in [2.75, 3.05) is 5.32 Å². The molecular formula is C19H20ClN3O4S. The van der Waals surface area contributed by atoms with Crippen LogP contribution < -0.4 is 15.8 Å². The van der Waals surface area contributed by atoms with Crippen molar-refractivity contribution in [3.63, 3.8) is 0 Å². The molecule has 0 saturated carbocycles. The lowest BCUT2D eigenvalue weighted by atomic mass is 10.2. The van der Waals surface area contributed by atoms with Crippen molar-refractivity contribution >= 4 is 45.2 Å². The van der Waals surface area contributed by atoms with Gasteiger partial charge in [-0.3, -0.25) is 9.59 Å². The van der Waals surface area contributed by atoms with Gasteiger partial charge in [-0.05, 0) is 55.8 Å². The summed E-state index contributed by atoms with van der Waals surface area (Å²) in [5.74, 6) is -1.13. The molecular weight excluding hydrogens is 402 g/mol. The zero-order chi connectivity index (χ0) is 20.9. The van der Waals surface area contributed by atoms with E-state index in [1.165, 1.54) is 36.4 Å². The first-order valence-corrected chi connectivity index (χ1v) is 10.2. The summed E-state index contributed by atoms with van der Waals surface area (Å²) in [6.45, 7) is 3.47. The van der Waals surface area contributed by atoms with E-state index in [9.17, 15) is 18.0 Å². The summed E-state index contributed by atoms with van der Waals surface area (Å²) in [5.41, 5.74) is 6.34. The molecule has 2 aromatic carbocycles. The third-order valence-electron chi connectivity index (χ3n) is 3.51. The van der Waals surface area contributed by atoms with Gasteiger partial charge < -0.3 is 11.1 Å². The molecule has 9 heteroatoms. The lowest BCUT2D eigenvalue weighted by Crippen LogP contribution is -2.30. The molecule has 148 valence electrons. The second-order valence-corrected chi connectivity index (χ2v) is 8.35. The number of amides is 2. The Balaban J connectivity index is 2.07. The molecule has 0 spiro atoms. The fraction of sp³-hybridized carbons (Fsp3) is 0.158. The van der Waals surface area contributed by atoms with Crippen LogP contribution in [0.1, 0.15) is 29.8 Å². The van der Waals surface area contributed by atoms with E-state index in [2.05, 4.69) is 10.0 Å². The average Bonchev–Trinajstić information content (AvgIpc) is 2.60. The van der Waals surface area contributed by atoms with E-state index in [1.54, 1.807) is 32.0 Å². The van der Waals surface area contributed by atoms with Crippen molar-refractivity contribution in [2.24, 2.45) is 5.73 Å². The van der Waals surface area contributed by atoms with Crippen LogP contribution in [0.15, 0.2) is 53.4 Å². The smallest absolute Gasteiger partial charge is 0.250 e. The molecule has 4 N–H and O–H groups in total. The molecule has 0 heterocycles. The number of rotatable bonds is 7.